The predicted molar refractivity (Wildman–Crippen MR) is 145 cm³/mol. The first kappa shape index (κ1) is 28.3. The number of hydrogen-bond acceptors (Lipinski definition) is 4. The molecule has 0 aliphatic carbocycles. The van der Waals surface area contributed by atoms with Crippen molar-refractivity contribution in [2.75, 3.05) is 17.4 Å². The van der Waals surface area contributed by atoms with E-state index in [0.717, 1.165) is 14.3 Å². The van der Waals surface area contributed by atoms with Gasteiger partial charge in [-0.3, -0.25) is 13.9 Å². The Labute approximate surface area is 225 Å². The van der Waals surface area contributed by atoms with Crippen LogP contribution in [-0.2, 0) is 26.2 Å². The smallest absolute Gasteiger partial charge is 0.264 e. The number of benzene rings is 3. The number of hydrogen-bond donors (Lipinski definition) is 1. The van der Waals surface area contributed by atoms with Crippen LogP contribution in [0.2, 0.25) is 0 Å². The van der Waals surface area contributed by atoms with Crippen molar-refractivity contribution < 1.29 is 22.4 Å². The summed E-state index contributed by atoms with van der Waals surface area (Å²) in [5.41, 5.74) is 1.79. The third-order valence-corrected chi connectivity index (χ3v) is 8.10. The Morgan fingerprint density at radius 3 is 2.14 bits per heavy atom. The molecule has 0 spiro atoms. The van der Waals surface area contributed by atoms with Gasteiger partial charge in [0.1, 0.15) is 18.4 Å². The number of halogens is 2. The summed E-state index contributed by atoms with van der Waals surface area (Å²) >= 11 is 3.35. The molecule has 0 heterocycles. The number of nitrogens with one attached hydrogen (secondary N) is 1. The van der Waals surface area contributed by atoms with Crippen LogP contribution < -0.4 is 9.62 Å². The highest BCUT2D eigenvalue weighted by Crippen LogP contribution is 2.26. The number of nitrogens with zero attached hydrogens (tertiary/aromatic N) is 2. The predicted octanol–water partition coefficient (Wildman–Crippen LogP) is 4.65. The summed E-state index contributed by atoms with van der Waals surface area (Å²) < 4.78 is 42.7. The minimum absolute atomic E-state index is 0.00380. The molecule has 3 rings (SSSR count). The van der Waals surface area contributed by atoms with Crippen LogP contribution in [0.3, 0.4) is 0 Å². The Balaban J connectivity index is 2.01. The lowest BCUT2D eigenvalue weighted by atomic mass is 10.1. The van der Waals surface area contributed by atoms with Gasteiger partial charge in [-0.25, -0.2) is 12.8 Å². The highest BCUT2D eigenvalue weighted by atomic mass is 79.9. The fourth-order valence-electron chi connectivity index (χ4n) is 3.66. The molecular formula is C27H29BrFN3O4S. The summed E-state index contributed by atoms with van der Waals surface area (Å²) in [6, 6.07) is 17.6. The van der Waals surface area contributed by atoms with Gasteiger partial charge in [0.05, 0.1) is 10.6 Å². The van der Waals surface area contributed by atoms with E-state index in [1.807, 2.05) is 6.92 Å². The van der Waals surface area contributed by atoms with E-state index in [9.17, 15) is 22.4 Å². The quantitative estimate of drug-likeness (QED) is 0.373. The Hall–Kier alpha value is -3.24. The zero-order valence-corrected chi connectivity index (χ0v) is 23.2. The second-order valence-electron chi connectivity index (χ2n) is 8.52. The molecule has 0 aliphatic heterocycles. The van der Waals surface area contributed by atoms with Gasteiger partial charge < -0.3 is 10.2 Å². The maximum absolute atomic E-state index is 13.7. The normalized spacial score (nSPS) is 12.0. The molecule has 10 heteroatoms. The van der Waals surface area contributed by atoms with E-state index in [1.54, 1.807) is 50.2 Å². The average molecular weight is 591 g/mol. The van der Waals surface area contributed by atoms with E-state index < -0.39 is 34.3 Å². The fraction of sp³-hybridized carbons (Fsp3) is 0.259. The lowest BCUT2D eigenvalue weighted by molar-refractivity contribution is -0.139. The molecule has 196 valence electrons. The summed E-state index contributed by atoms with van der Waals surface area (Å²) in [5, 5.41) is 2.70. The van der Waals surface area contributed by atoms with Crippen LogP contribution >= 0.6 is 15.9 Å². The van der Waals surface area contributed by atoms with Gasteiger partial charge in [0.2, 0.25) is 11.8 Å². The zero-order valence-electron chi connectivity index (χ0n) is 20.8. The second kappa shape index (κ2) is 12.3. The van der Waals surface area contributed by atoms with Gasteiger partial charge in [0.25, 0.3) is 10.0 Å². The zero-order chi connectivity index (χ0) is 27.2. The van der Waals surface area contributed by atoms with Gasteiger partial charge in [-0.2, -0.15) is 0 Å². The summed E-state index contributed by atoms with van der Waals surface area (Å²) in [6.45, 7) is 5.01. The molecule has 0 fully saturated rings. The molecule has 0 saturated carbocycles. The number of likely N-dealkylation sites (N-methyl/N-ethyl adjacent to an activating group) is 1. The molecular weight excluding hydrogens is 561 g/mol. The molecule has 3 aromatic carbocycles. The van der Waals surface area contributed by atoms with Crippen molar-refractivity contribution in [2.45, 2.75) is 38.3 Å². The van der Waals surface area contributed by atoms with E-state index in [1.165, 1.54) is 41.3 Å². The van der Waals surface area contributed by atoms with Crippen LogP contribution in [0, 0.1) is 12.7 Å². The highest BCUT2D eigenvalue weighted by molar-refractivity contribution is 9.10. The molecule has 0 unspecified atom stereocenters. The van der Waals surface area contributed by atoms with Crippen LogP contribution in [-0.4, -0.2) is 44.3 Å². The number of carbonyl (C=O) groups excluding carboxylic acids is 2. The first-order valence-electron chi connectivity index (χ1n) is 11.7. The van der Waals surface area contributed by atoms with Crippen molar-refractivity contribution in [3.63, 3.8) is 0 Å². The van der Waals surface area contributed by atoms with Crippen molar-refractivity contribution in [2.24, 2.45) is 0 Å². The number of amides is 2. The average Bonchev–Trinajstić information content (AvgIpc) is 2.87. The fourth-order valence-corrected chi connectivity index (χ4v) is 5.34. The molecule has 0 aliphatic rings. The Kier molecular flexibility index (Phi) is 9.45. The summed E-state index contributed by atoms with van der Waals surface area (Å²) in [6.07, 6.45) is 0. The topological polar surface area (TPSA) is 86.8 Å². The summed E-state index contributed by atoms with van der Waals surface area (Å²) in [4.78, 5) is 27.7. The molecule has 1 N–H and O–H groups in total. The Morgan fingerprint density at radius 2 is 1.57 bits per heavy atom. The third-order valence-electron chi connectivity index (χ3n) is 5.79. The van der Waals surface area contributed by atoms with Crippen LogP contribution in [0.5, 0.6) is 0 Å². The number of aryl methyl sites for hydroxylation is 1. The summed E-state index contributed by atoms with van der Waals surface area (Å²) in [7, 11) is -4.13. The standard InChI is InChI=1S/C27H29BrFN3O4S/c1-4-30-27(34)20(3)31(17-21-7-11-23(29)12-8-21)26(33)18-32(24-13-9-22(28)10-14-24)37(35,36)25-15-5-19(2)6-16-25/h5-16,20H,4,17-18H2,1-3H3,(H,30,34)/t20-/m1/s1. The SMILES string of the molecule is CCNC(=O)[C@@H](C)N(Cc1ccc(F)cc1)C(=O)CN(c1ccc(Br)cc1)S(=O)(=O)c1ccc(C)cc1. The minimum atomic E-state index is -4.13. The second-order valence-corrected chi connectivity index (χ2v) is 11.3. The molecule has 1 atom stereocenters. The molecule has 3 aromatic rings. The van der Waals surface area contributed by atoms with Crippen LogP contribution in [0.25, 0.3) is 0 Å². The number of carbonyl (C=O) groups is 2. The van der Waals surface area contributed by atoms with Gasteiger partial charge in [0.15, 0.2) is 0 Å². The molecule has 37 heavy (non-hydrogen) atoms. The van der Waals surface area contributed by atoms with Gasteiger partial charge in [-0.15, -0.1) is 0 Å². The van der Waals surface area contributed by atoms with Crippen LogP contribution in [0.15, 0.2) is 82.2 Å². The lowest BCUT2D eigenvalue weighted by Crippen LogP contribution is -2.51. The summed E-state index contributed by atoms with van der Waals surface area (Å²) in [5.74, 6) is -1.39. The van der Waals surface area contributed by atoms with Gasteiger partial charge in [-0.1, -0.05) is 45.8 Å². The number of rotatable bonds is 10. The lowest BCUT2D eigenvalue weighted by Gasteiger charge is -2.32. The van der Waals surface area contributed by atoms with E-state index in [2.05, 4.69) is 21.2 Å². The first-order valence-corrected chi connectivity index (χ1v) is 13.9. The van der Waals surface area contributed by atoms with Gasteiger partial charge in [-0.05, 0) is 74.9 Å². The van der Waals surface area contributed by atoms with E-state index >= 15 is 0 Å². The van der Waals surface area contributed by atoms with E-state index in [0.29, 0.717) is 17.8 Å². The molecule has 0 saturated heterocycles. The van der Waals surface area contributed by atoms with Crippen molar-refractivity contribution in [3.8, 4) is 0 Å². The van der Waals surface area contributed by atoms with Gasteiger partial charge >= 0.3 is 0 Å². The van der Waals surface area contributed by atoms with Crippen molar-refractivity contribution >= 4 is 43.5 Å². The molecule has 0 bridgehead atoms. The minimum Gasteiger partial charge on any atom is -0.355 e. The van der Waals surface area contributed by atoms with E-state index in [-0.39, 0.29) is 17.3 Å². The molecule has 7 nitrogen and oxygen atoms in total. The van der Waals surface area contributed by atoms with Crippen molar-refractivity contribution in [1.29, 1.82) is 0 Å². The molecule has 0 aromatic heterocycles. The third kappa shape index (κ3) is 7.17. The highest BCUT2D eigenvalue weighted by Gasteiger charge is 2.32. The first-order chi connectivity index (χ1) is 17.5. The number of sulfonamides is 1. The maximum Gasteiger partial charge on any atom is 0.264 e. The van der Waals surface area contributed by atoms with Gasteiger partial charge in [0, 0.05) is 17.6 Å². The largest absolute Gasteiger partial charge is 0.355 e. The Morgan fingerprint density at radius 1 is 0.973 bits per heavy atom. The molecule has 0 radical (unpaired) electrons. The Bertz CT molecular complexity index is 1330. The maximum atomic E-state index is 13.7. The molecule has 2 amide bonds. The monoisotopic (exact) mass is 589 g/mol. The van der Waals surface area contributed by atoms with Crippen LogP contribution in [0.1, 0.15) is 25.0 Å². The van der Waals surface area contributed by atoms with Crippen LogP contribution in [0.4, 0.5) is 10.1 Å². The van der Waals surface area contributed by atoms with Crippen molar-refractivity contribution in [1.82, 2.24) is 10.2 Å². The van der Waals surface area contributed by atoms with Crippen molar-refractivity contribution in [3.05, 3.63) is 94.2 Å². The number of anilines is 1. The van der Waals surface area contributed by atoms with E-state index in [4.69, 9.17) is 0 Å².